The van der Waals surface area contributed by atoms with Crippen LogP contribution in [-0.2, 0) is 13.1 Å². The van der Waals surface area contributed by atoms with Gasteiger partial charge in [-0.1, -0.05) is 35.3 Å². The molecule has 0 spiro atoms. The van der Waals surface area contributed by atoms with Crippen molar-refractivity contribution < 1.29 is 38.1 Å². The number of rotatable bonds is 11. The molecule has 6 rings (SSSR count). The minimum absolute atomic E-state index is 0.0266. The molecule has 4 N–H and O–H groups in total. The van der Waals surface area contributed by atoms with Gasteiger partial charge in [0.1, 0.15) is 11.0 Å². The molecule has 52 heavy (non-hydrogen) atoms. The largest absolute Gasteiger partial charge is 0.494 e. The summed E-state index contributed by atoms with van der Waals surface area (Å²) in [4.78, 5) is 60.6. The first-order valence-electron chi connectivity index (χ1n) is 15.5. The Labute approximate surface area is 305 Å². The molecule has 2 heterocycles. The van der Waals surface area contributed by atoms with E-state index in [0.29, 0.717) is 32.2 Å². The summed E-state index contributed by atoms with van der Waals surface area (Å²) >= 11 is 12.6. The van der Waals surface area contributed by atoms with E-state index in [1.54, 1.807) is 71.5 Å². The highest BCUT2D eigenvalue weighted by molar-refractivity contribution is 6.32. The highest BCUT2D eigenvalue weighted by Gasteiger charge is 2.26. The Morgan fingerprint density at radius 2 is 1.00 bits per heavy atom. The first-order chi connectivity index (χ1) is 24.9. The van der Waals surface area contributed by atoms with Crippen molar-refractivity contribution in [3.05, 3.63) is 104 Å². The van der Waals surface area contributed by atoms with Crippen LogP contribution in [0.2, 0.25) is 10.0 Å². The molecule has 4 aromatic carbocycles. The number of primary amides is 2. The lowest BCUT2D eigenvalue weighted by Crippen LogP contribution is -2.17. The summed E-state index contributed by atoms with van der Waals surface area (Å²) in [5.74, 6) is -2.84. The molecule has 0 bridgehead atoms. The number of amides is 2. The number of methoxy groups -OCH3 is 2. The third-order valence-electron chi connectivity index (χ3n) is 8.51. The van der Waals surface area contributed by atoms with E-state index in [4.69, 9.17) is 53.6 Å². The van der Waals surface area contributed by atoms with Crippen molar-refractivity contribution in [1.29, 1.82) is 0 Å². The number of ether oxygens (including phenoxy) is 4. The van der Waals surface area contributed by atoms with Gasteiger partial charge in [-0.15, -0.1) is 0 Å². The minimum atomic E-state index is -0.753. The van der Waals surface area contributed by atoms with Crippen molar-refractivity contribution in [2.75, 3.05) is 14.2 Å². The van der Waals surface area contributed by atoms with Crippen LogP contribution in [-0.4, -0.2) is 57.1 Å². The van der Waals surface area contributed by atoms with Crippen molar-refractivity contribution in [2.24, 2.45) is 11.5 Å². The predicted molar refractivity (Wildman–Crippen MR) is 192 cm³/mol. The Bertz CT molecular complexity index is 2290. The molecular formula is C36H30Cl2N6O8. The number of halogens is 2. The molecule has 6 aromatic rings. The number of aromatic nitrogens is 4. The quantitative estimate of drug-likeness (QED) is 0.156. The molecule has 266 valence electrons. The number of carbonyl (C=O) groups is 4. The van der Waals surface area contributed by atoms with Crippen molar-refractivity contribution in [2.45, 2.75) is 26.9 Å². The summed E-state index contributed by atoms with van der Waals surface area (Å²) in [6.45, 7) is 3.41. The molecule has 0 fully saturated rings. The molecule has 0 radical (unpaired) electrons. The normalized spacial score (nSPS) is 11.1. The minimum Gasteiger partial charge on any atom is -0.494 e. The zero-order valence-electron chi connectivity index (χ0n) is 28.2. The van der Waals surface area contributed by atoms with E-state index in [0.717, 1.165) is 0 Å². The standard InChI is InChI=1S/C36H30Cl2N6O8/c1-17-19(7-5-9-23(17)37)33(47)51-35-41-27-25(13-11-21(31(39)45)29(27)49-3)43(35)15-16-44-26-14-12-22(32(40)46)30(50-4)28(26)42-36(44)52-34(48)20-8-6-10-24(38)18(20)2/h5-14H,15-16H2,1-4H3,(H2,39,45)(H2,40,46). The second-order valence-electron chi connectivity index (χ2n) is 11.5. The zero-order chi connectivity index (χ0) is 37.4. The number of hydrogen-bond donors (Lipinski definition) is 2. The predicted octanol–water partition coefficient (Wildman–Crippen LogP) is 5.66. The second kappa shape index (κ2) is 14.2. The summed E-state index contributed by atoms with van der Waals surface area (Å²) in [6.07, 6.45) is 0. The summed E-state index contributed by atoms with van der Waals surface area (Å²) in [5, 5.41) is 0.736. The van der Waals surface area contributed by atoms with E-state index in [2.05, 4.69) is 9.97 Å². The SMILES string of the molecule is COc1c(C(N)=O)ccc2c1nc(OC(=O)c1cccc(Cl)c1C)n2CCn1c(OC(=O)c2cccc(Cl)c2C)nc2c(OC)c(C(N)=O)ccc21. The van der Waals surface area contributed by atoms with Crippen LogP contribution < -0.4 is 30.4 Å². The fourth-order valence-electron chi connectivity index (χ4n) is 5.81. The Balaban J connectivity index is 1.49. The molecule has 0 unspecified atom stereocenters. The van der Waals surface area contributed by atoms with Gasteiger partial charge in [-0.25, -0.2) is 9.59 Å². The summed E-state index contributed by atoms with van der Waals surface area (Å²) in [5.41, 5.74) is 14.0. The van der Waals surface area contributed by atoms with E-state index in [1.807, 2.05) is 0 Å². The average molecular weight is 746 g/mol. The third kappa shape index (κ3) is 6.33. The number of esters is 2. The molecule has 0 atom stereocenters. The molecule has 0 aliphatic heterocycles. The van der Waals surface area contributed by atoms with Gasteiger partial charge in [0.25, 0.3) is 11.8 Å². The lowest BCUT2D eigenvalue weighted by Gasteiger charge is -2.14. The van der Waals surface area contributed by atoms with E-state index in [9.17, 15) is 19.2 Å². The number of fused-ring (bicyclic) bond motifs is 2. The smallest absolute Gasteiger partial charge is 0.346 e. The van der Waals surface area contributed by atoms with Gasteiger partial charge in [-0.3, -0.25) is 18.7 Å². The number of hydrogen-bond acceptors (Lipinski definition) is 10. The average Bonchev–Trinajstić information content (AvgIpc) is 3.64. The lowest BCUT2D eigenvalue weighted by atomic mass is 10.1. The van der Waals surface area contributed by atoms with Crippen LogP contribution >= 0.6 is 23.2 Å². The van der Waals surface area contributed by atoms with Gasteiger partial charge >= 0.3 is 24.0 Å². The Kier molecular flexibility index (Phi) is 9.78. The van der Waals surface area contributed by atoms with Gasteiger partial charge in [-0.05, 0) is 73.5 Å². The maximum absolute atomic E-state index is 13.5. The van der Waals surface area contributed by atoms with Crippen molar-refractivity contribution >= 4 is 69.0 Å². The van der Waals surface area contributed by atoms with Crippen LogP contribution in [0.5, 0.6) is 23.5 Å². The topological polar surface area (TPSA) is 193 Å². The fraction of sp³-hybridized carbons (Fsp3) is 0.167. The molecule has 16 heteroatoms. The summed E-state index contributed by atoms with van der Waals surface area (Å²) < 4.78 is 25.9. The van der Waals surface area contributed by atoms with Gasteiger partial charge in [-0.2, -0.15) is 9.97 Å². The number of aryl methyl sites for hydroxylation is 2. The van der Waals surface area contributed by atoms with E-state index < -0.39 is 23.8 Å². The van der Waals surface area contributed by atoms with E-state index >= 15 is 0 Å². The Hall–Kier alpha value is -6.12. The van der Waals surface area contributed by atoms with Gasteiger partial charge in [0.05, 0.1) is 47.5 Å². The molecule has 14 nitrogen and oxygen atoms in total. The zero-order valence-corrected chi connectivity index (χ0v) is 29.7. The first-order valence-corrected chi connectivity index (χ1v) is 16.3. The Morgan fingerprint density at radius 3 is 1.35 bits per heavy atom. The molecule has 2 amide bonds. The summed E-state index contributed by atoms with van der Waals surface area (Å²) in [7, 11) is 2.71. The number of benzene rings is 4. The van der Waals surface area contributed by atoms with Gasteiger partial charge < -0.3 is 30.4 Å². The number of carbonyl (C=O) groups excluding carboxylic acids is 4. The lowest BCUT2D eigenvalue weighted by molar-refractivity contribution is 0.0697. The van der Waals surface area contributed by atoms with Crippen LogP contribution in [0.1, 0.15) is 52.6 Å². The van der Waals surface area contributed by atoms with Gasteiger partial charge in [0.15, 0.2) is 11.5 Å². The maximum Gasteiger partial charge on any atom is 0.346 e. The molecule has 2 aromatic heterocycles. The van der Waals surface area contributed by atoms with E-state index in [1.165, 1.54) is 26.4 Å². The third-order valence-corrected chi connectivity index (χ3v) is 9.33. The van der Waals surface area contributed by atoms with Crippen LogP contribution in [0.15, 0.2) is 60.7 Å². The van der Waals surface area contributed by atoms with Crippen LogP contribution in [0.25, 0.3) is 22.1 Å². The van der Waals surface area contributed by atoms with Crippen molar-refractivity contribution in [3.63, 3.8) is 0 Å². The van der Waals surface area contributed by atoms with Crippen LogP contribution in [0, 0.1) is 13.8 Å². The monoisotopic (exact) mass is 744 g/mol. The van der Waals surface area contributed by atoms with Crippen LogP contribution in [0.4, 0.5) is 0 Å². The van der Waals surface area contributed by atoms with E-state index in [-0.39, 0.29) is 69.9 Å². The molecule has 0 saturated heterocycles. The highest BCUT2D eigenvalue weighted by Crippen LogP contribution is 2.36. The molecule has 0 saturated carbocycles. The second-order valence-corrected chi connectivity index (χ2v) is 12.3. The van der Waals surface area contributed by atoms with Crippen molar-refractivity contribution in [3.8, 4) is 23.5 Å². The number of imidazole rings is 2. The number of nitrogens with zero attached hydrogens (tertiary/aromatic N) is 4. The molecule has 0 aliphatic rings. The molecular weight excluding hydrogens is 715 g/mol. The van der Waals surface area contributed by atoms with Gasteiger partial charge in [0.2, 0.25) is 0 Å². The van der Waals surface area contributed by atoms with Crippen LogP contribution in [0.3, 0.4) is 0 Å². The summed E-state index contributed by atoms with van der Waals surface area (Å²) in [6, 6.07) is 15.5. The maximum atomic E-state index is 13.5. The van der Waals surface area contributed by atoms with Gasteiger partial charge in [0, 0.05) is 23.1 Å². The highest BCUT2D eigenvalue weighted by atomic mass is 35.5. The fourth-order valence-corrected chi connectivity index (χ4v) is 6.16. The molecule has 0 aliphatic carbocycles. The van der Waals surface area contributed by atoms with Crippen molar-refractivity contribution in [1.82, 2.24) is 19.1 Å². The first kappa shape index (κ1) is 35.7. The number of nitrogens with two attached hydrogens (primary N) is 2. The Morgan fingerprint density at radius 1 is 0.615 bits per heavy atom.